The molecule has 0 amide bonds. The van der Waals surface area contributed by atoms with Crippen molar-refractivity contribution in [2.24, 2.45) is 0 Å². The summed E-state index contributed by atoms with van der Waals surface area (Å²) in [4.78, 5) is 4.40. The maximum atomic E-state index is 5.22. The van der Waals surface area contributed by atoms with Gasteiger partial charge in [0.1, 0.15) is 5.52 Å². The first-order chi connectivity index (χ1) is 9.52. The first kappa shape index (κ1) is 14.7. The zero-order valence-electron chi connectivity index (χ0n) is 12.2. The standard InChI is InChI=1S/C15H20N4S/c1-5-9-20-10-7-17-14-12-11-13(15(2,3)4)18-19(12)8-6-16-14/h1,6,8,11H,7,9-10H2,2-4H3,(H,16,17). The van der Waals surface area contributed by atoms with Crippen molar-refractivity contribution >= 4 is 23.1 Å². The molecule has 20 heavy (non-hydrogen) atoms. The third kappa shape index (κ3) is 3.45. The molecule has 0 saturated heterocycles. The van der Waals surface area contributed by atoms with Crippen molar-refractivity contribution in [3.05, 3.63) is 24.2 Å². The Morgan fingerprint density at radius 3 is 2.95 bits per heavy atom. The third-order valence-corrected chi connectivity index (χ3v) is 3.75. The summed E-state index contributed by atoms with van der Waals surface area (Å²) in [6.07, 6.45) is 8.87. The molecule has 0 bridgehead atoms. The van der Waals surface area contributed by atoms with Crippen LogP contribution in [-0.4, -0.2) is 32.6 Å². The van der Waals surface area contributed by atoms with Crippen molar-refractivity contribution in [1.82, 2.24) is 14.6 Å². The molecule has 0 unspecified atom stereocenters. The summed E-state index contributed by atoms with van der Waals surface area (Å²) in [5.41, 5.74) is 2.11. The molecule has 5 heteroatoms. The van der Waals surface area contributed by atoms with E-state index < -0.39 is 0 Å². The quantitative estimate of drug-likeness (QED) is 0.678. The van der Waals surface area contributed by atoms with Crippen LogP contribution in [0.4, 0.5) is 5.82 Å². The topological polar surface area (TPSA) is 42.2 Å². The van der Waals surface area contributed by atoms with Gasteiger partial charge in [-0.15, -0.1) is 18.2 Å². The third-order valence-electron chi connectivity index (χ3n) is 2.88. The summed E-state index contributed by atoms with van der Waals surface area (Å²) in [7, 11) is 0. The molecule has 0 saturated carbocycles. The lowest BCUT2D eigenvalue weighted by molar-refractivity contribution is 0.562. The fraction of sp³-hybridized carbons (Fsp3) is 0.467. The minimum Gasteiger partial charge on any atom is -0.367 e. The Bertz CT molecular complexity index is 619. The van der Waals surface area contributed by atoms with Crippen molar-refractivity contribution in [2.45, 2.75) is 26.2 Å². The molecule has 0 aromatic carbocycles. The summed E-state index contributed by atoms with van der Waals surface area (Å²) in [6.45, 7) is 7.32. The molecule has 2 aromatic rings. The van der Waals surface area contributed by atoms with Gasteiger partial charge in [0.2, 0.25) is 0 Å². The average molecular weight is 288 g/mol. The van der Waals surface area contributed by atoms with Crippen molar-refractivity contribution < 1.29 is 0 Å². The van der Waals surface area contributed by atoms with Crippen LogP contribution in [0.5, 0.6) is 0 Å². The lowest BCUT2D eigenvalue weighted by Crippen LogP contribution is -2.11. The summed E-state index contributed by atoms with van der Waals surface area (Å²) >= 11 is 1.74. The maximum absolute atomic E-state index is 5.22. The van der Waals surface area contributed by atoms with Crippen molar-refractivity contribution in [1.29, 1.82) is 0 Å². The number of thioether (sulfide) groups is 1. The van der Waals surface area contributed by atoms with E-state index in [4.69, 9.17) is 6.42 Å². The van der Waals surface area contributed by atoms with Crippen LogP contribution in [0.2, 0.25) is 0 Å². The van der Waals surface area contributed by atoms with Crippen LogP contribution in [-0.2, 0) is 5.41 Å². The van der Waals surface area contributed by atoms with E-state index in [-0.39, 0.29) is 5.41 Å². The Kier molecular flexibility index (Phi) is 4.56. The van der Waals surface area contributed by atoms with Crippen LogP contribution >= 0.6 is 11.8 Å². The smallest absolute Gasteiger partial charge is 0.152 e. The summed E-state index contributed by atoms with van der Waals surface area (Å²) in [5, 5.41) is 7.96. The Hall–Kier alpha value is -1.67. The number of anilines is 1. The highest BCUT2D eigenvalue weighted by molar-refractivity contribution is 7.99. The van der Waals surface area contributed by atoms with Crippen molar-refractivity contribution in [3.63, 3.8) is 0 Å². The van der Waals surface area contributed by atoms with E-state index in [2.05, 4.69) is 48.2 Å². The zero-order valence-corrected chi connectivity index (χ0v) is 13.0. The summed E-state index contributed by atoms with van der Waals surface area (Å²) in [5.74, 6) is 5.21. The van der Waals surface area contributed by atoms with Crippen LogP contribution in [0.25, 0.3) is 5.52 Å². The van der Waals surface area contributed by atoms with Crippen LogP contribution in [0.15, 0.2) is 18.5 Å². The molecule has 1 N–H and O–H groups in total. The predicted octanol–water partition coefficient (Wildman–Crippen LogP) is 2.81. The lowest BCUT2D eigenvalue weighted by Gasteiger charge is -2.13. The molecular weight excluding hydrogens is 268 g/mol. The van der Waals surface area contributed by atoms with Gasteiger partial charge in [-0.2, -0.15) is 5.10 Å². The molecule has 0 spiro atoms. The van der Waals surface area contributed by atoms with Gasteiger partial charge in [-0.3, -0.25) is 0 Å². The van der Waals surface area contributed by atoms with Crippen LogP contribution in [0.1, 0.15) is 26.5 Å². The van der Waals surface area contributed by atoms with E-state index in [0.29, 0.717) is 0 Å². The minimum absolute atomic E-state index is 0.0337. The van der Waals surface area contributed by atoms with Gasteiger partial charge < -0.3 is 5.32 Å². The van der Waals surface area contributed by atoms with E-state index >= 15 is 0 Å². The number of nitrogens with one attached hydrogen (secondary N) is 1. The first-order valence-corrected chi connectivity index (χ1v) is 7.78. The number of hydrogen-bond donors (Lipinski definition) is 1. The molecule has 0 atom stereocenters. The summed E-state index contributed by atoms with van der Waals surface area (Å²) < 4.78 is 1.88. The Labute approximate surface area is 124 Å². The van der Waals surface area contributed by atoms with Gasteiger partial charge >= 0.3 is 0 Å². The van der Waals surface area contributed by atoms with Crippen LogP contribution in [0, 0.1) is 12.3 Å². The molecule has 0 aliphatic rings. The zero-order chi connectivity index (χ0) is 14.6. The predicted molar refractivity (Wildman–Crippen MR) is 86.3 cm³/mol. The second-order valence-electron chi connectivity index (χ2n) is 5.57. The number of nitrogens with zero attached hydrogens (tertiary/aromatic N) is 3. The number of hydrogen-bond acceptors (Lipinski definition) is 4. The lowest BCUT2D eigenvalue weighted by atomic mass is 9.92. The first-order valence-electron chi connectivity index (χ1n) is 6.62. The van der Waals surface area contributed by atoms with Crippen LogP contribution < -0.4 is 5.32 Å². The largest absolute Gasteiger partial charge is 0.367 e. The van der Waals surface area contributed by atoms with Gasteiger partial charge in [-0.1, -0.05) is 26.7 Å². The molecule has 4 nitrogen and oxygen atoms in total. The van der Waals surface area contributed by atoms with Gasteiger partial charge in [0.25, 0.3) is 0 Å². The highest BCUT2D eigenvalue weighted by Gasteiger charge is 2.18. The normalized spacial score (nSPS) is 11.5. The second-order valence-corrected chi connectivity index (χ2v) is 6.67. The monoisotopic (exact) mass is 288 g/mol. The molecule has 2 rings (SSSR count). The Balaban J connectivity index is 2.13. The Morgan fingerprint density at radius 2 is 2.25 bits per heavy atom. The van der Waals surface area contributed by atoms with Crippen LogP contribution in [0.3, 0.4) is 0 Å². The molecule has 106 valence electrons. The molecule has 0 aliphatic heterocycles. The van der Waals surface area contributed by atoms with E-state index in [0.717, 1.165) is 35.1 Å². The van der Waals surface area contributed by atoms with Gasteiger partial charge in [0, 0.05) is 30.1 Å². The van der Waals surface area contributed by atoms with Gasteiger partial charge in [0.05, 0.1) is 11.4 Å². The maximum Gasteiger partial charge on any atom is 0.152 e. The van der Waals surface area contributed by atoms with Gasteiger partial charge in [-0.05, 0) is 6.07 Å². The Morgan fingerprint density at radius 1 is 1.45 bits per heavy atom. The van der Waals surface area contributed by atoms with Gasteiger partial charge in [-0.25, -0.2) is 9.50 Å². The highest BCUT2D eigenvalue weighted by Crippen LogP contribution is 2.24. The highest BCUT2D eigenvalue weighted by atomic mass is 32.2. The molecule has 2 aromatic heterocycles. The number of aromatic nitrogens is 3. The fourth-order valence-corrected chi connectivity index (χ4v) is 2.31. The minimum atomic E-state index is 0.0337. The average Bonchev–Trinajstić information content (AvgIpc) is 2.83. The van der Waals surface area contributed by atoms with Crippen molar-refractivity contribution in [3.8, 4) is 12.3 Å². The second kappa shape index (κ2) is 6.19. The van der Waals surface area contributed by atoms with E-state index in [9.17, 15) is 0 Å². The molecule has 0 radical (unpaired) electrons. The van der Waals surface area contributed by atoms with E-state index in [1.54, 1.807) is 18.0 Å². The number of rotatable bonds is 5. The molecular formula is C15H20N4S. The van der Waals surface area contributed by atoms with E-state index in [1.165, 1.54) is 0 Å². The number of fused-ring (bicyclic) bond motifs is 1. The molecule has 2 heterocycles. The number of terminal acetylenes is 1. The fourth-order valence-electron chi connectivity index (χ4n) is 1.80. The molecule has 0 aliphatic carbocycles. The van der Waals surface area contributed by atoms with Crippen molar-refractivity contribution in [2.75, 3.05) is 23.4 Å². The van der Waals surface area contributed by atoms with E-state index in [1.807, 2.05) is 10.7 Å². The summed E-state index contributed by atoms with van der Waals surface area (Å²) in [6, 6.07) is 2.10. The molecule has 0 fully saturated rings. The SMILES string of the molecule is C#CCSCCNc1nccn2nc(C(C)(C)C)cc12. The van der Waals surface area contributed by atoms with Gasteiger partial charge in [0.15, 0.2) is 5.82 Å².